The number of hydrogen-bond acceptors (Lipinski definition) is 5. The Morgan fingerprint density at radius 2 is 1.95 bits per heavy atom. The molecule has 1 amide bonds. The minimum absolute atomic E-state index is 0.0303. The van der Waals surface area contributed by atoms with Gasteiger partial charge < -0.3 is 20.8 Å². The van der Waals surface area contributed by atoms with Gasteiger partial charge in [0.1, 0.15) is 17.0 Å². The van der Waals surface area contributed by atoms with Crippen molar-refractivity contribution in [2.75, 3.05) is 13.2 Å². The lowest BCUT2D eigenvalue weighted by molar-refractivity contribution is -0.123. The van der Waals surface area contributed by atoms with Crippen LogP contribution in [0, 0.1) is 28.4 Å². The Morgan fingerprint density at radius 1 is 1.23 bits per heavy atom. The Balaban J connectivity index is 1.88. The molecule has 216 valence electrons. The van der Waals surface area contributed by atoms with Gasteiger partial charge >= 0.3 is 0 Å². The molecular weight excluding hydrogens is 559 g/mol. The van der Waals surface area contributed by atoms with Crippen LogP contribution < -0.4 is 10.6 Å². The first-order valence-electron chi connectivity index (χ1n) is 13.7. The summed E-state index contributed by atoms with van der Waals surface area (Å²) >= 11 is 12.3. The molecule has 0 radical (unpaired) electrons. The summed E-state index contributed by atoms with van der Waals surface area (Å²) in [5, 5.41) is 35.9. The molecule has 40 heavy (non-hydrogen) atoms. The molecule has 5 atom stereocenters. The summed E-state index contributed by atoms with van der Waals surface area (Å²) in [6, 6.07) is 9.02. The average Bonchev–Trinajstić information content (AvgIpc) is 3.24. The van der Waals surface area contributed by atoms with Crippen LogP contribution >= 0.6 is 23.2 Å². The van der Waals surface area contributed by atoms with Gasteiger partial charge in [-0.2, -0.15) is 5.26 Å². The van der Waals surface area contributed by atoms with Crippen LogP contribution in [0.5, 0.6) is 0 Å². The van der Waals surface area contributed by atoms with E-state index in [9.17, 15) is 15.2 Å². The van der Waals surface area contributed by atoms with E-state index >= 15 is 8.78 Å². The van der Waals surface area contributed by atoms with E-state index in [1.165, 1.54) is 24.3 Å². The van der Waals surface area contributed by atoms with E-state index < -0.39 is 53.7 Å². The van der Waals surface area contributed by atoms with Crippen LogP contribution in [-0.2, 0) is 10.2 Å². The fourth-order valence-electron chi connectivity index (χ4n) is 6.61. The number of nitriles is 1. The van der Waals surface area contributed by atoms with Crippen molar-refractivity contribution in [2.24, 2.45) is 5.41 Å². The van der Waals surface area contributed by atoms with Crippen molar-refractivity contribution in [2.45, 2.75) is 81.4 Å². The maximum absolute atomic E-state index is 15.8. The molecule has 0 spiro atoms. The zero-order chi connectivity index (χ0) is 29.1. The van der Waals surface area contributed by atoms with Crippen LogP contribution in [0.1, 0.15) is 68.9 Å². The summed E-state index contributed by atoms with van der Waals surface area (Å²) in [6.07, 6.45) is 4.56. The van der Waals surface area contributed by atoms with Gasteiger partial charge in [0, 0.05) is 29.1 Å². The predicted molar refractivity (Wildman–Crippen MR) is 150 cm³/mol. The maximum atomic E-state index is 15.8. The molecule has 1 saturated carbocycles. The highest BCUT2D eigenvalue weighted by Gasteiger charge is 2.61. The van der Waals surface area contributed by atoms with E-state index in [4.69, 9.17) is 28.3 Å². The zero-order valence-corrected chi connectivity index (χ0v) is 23.9. The van der Waals surface area contributed by atoms with E-state index in [1.54, 1.807) is 6.07 Å². The molecule has 0 aromatic heterocycles. The second-order valence-electron chi connectivity index (χ2n) is 11.4. The zero-order valence-electron chi connectivity index (χ0n) is 22.4. The molecular formula is C30H35Cl2F2N3O3. The molecule has 2 aliphatic rings. The van der Waals surface area contributed by atoms with Crippen molar-refractivity contribution in [3.63, 3.8) is 0 Å². The van der Waals surface area contributed by atoms with Gasteiger partial charge in [0.25, 0.3) is 0 Å². The third kappa shape index (κ3) is 6.00. The number of aliphatic hydroxyl groups excluding tert-OH is 2. The minimum Gasteiger partial charge on any atom is -0.394 e. The largest absolute Gasteiger partial charge is 0.394 e. The number of rotatable bonds is 9. The first-order valence-corrected chi connectivity index (χ1v) is 14.5. The molecule has 2 aromatic carbocycles. The molecule has 1 saturated heterocycles. The van der Waals surface area contributed by atoms with Crippen molar-refractivity contribution in [1.82, 2.24) is 10.6 Å². The van der Waals surface area contributed by atoms with Gasteiger partial charge in [-0.1, -0.05) is 67.6 Å². The van der Waals surface area contributed by atoms with Gasteiger partial charge in [0.15, 0.2) is 0 Å². The highest BCUT2D eigenvalue weighted by Crippen LogP contribution is 2.54. The Bertz CT molecular complexity index is 1270. The summed E-state index contributed by atoms with van der Waals surface area (Å²) in [5.74, 6) is -3.16. The third-order valence-corrected chi connectivity index (χ3v) is 9.19. The smallest absolute Gasteiger partial charge is 0.237 e. The van der Waals surface area contributed by atoms with Gasteiger partial charge in [0.2, 0.25) is 5.91 Å². The summed E-state index contributed by atoms with van der Waals surface area (Å²) < 4.78 is 31.5. The van der Waals surface area contributed by atoms with Crippen LogP contribution in [0.2, 0.25) is 10.0 Å². The average molecular weight is 595 g/mol. The van der Waals surface area contributed by atoms with Gasteiger partial charge in [-0.05, 0) is 54.9 Å². The fourth-order valence-corrected chi connectivity index (χ4v) is 6.95. The summed E-state index contributed by atoms with van der Waals surface area (Å²) in [5.41, 5.74) is -1.79. The summed E-state index contributed by atoms with van der Waals surface area (Å²) in [6.45, 7) is 1.73. The number of hydrogen-bond donors (Lipinski definition) is 4. The lowest BCUT2D eigenvalue weighted by Gasteiger charge is -2.41. The van der Waals surface area contributed by atoms with Crippen molar-refractivity contribution in [3.05, 3.63) is 69.2 Å². The molecule has 1 aliphatic heterocycles. The molecule has 1 aliphatic carbocycles. The van der Waals surface area contributed by atoms with E-state index in [0.717, 1.165) is 38.2 Å². The first-order chi connectivity index (χ1) is 19.1. The topological polar surface area (TPSA) is 105 Å². The molecule has 2 fully saturated rings. The van der Waals surface area contributed by atoms with Crippen LogP contribution in [-0.4, -0.2) is 47.5 Å². The number of nitrogens with one attached hydrogen (secondary N) is 2. The molecule has 4 rings (SSSR count). The second kappa shape index (κ2) is 12.7. The second-order valence-corrected chi connectivity index (χ2v) is 12.3. The lowest BCUT2D eigenvalue weighted by Crippen LogP contribution is -2.47. The van der Waals surface area contributed by atoms with Crippen molar-refractivity contribution < 1.29 is 23.8 Å². The minimum atomic E-state index is -1.69. The van der Waals surface area contributed by atoms with Gasteiger partial charge in [-0.3, -0.25) is 4.79 Å². The van der Waals surface area contributed by atoms with Crippen molar-refractivity contribution in [3.8, 4) is 6.07 Å². The lowest BCUT2D eigenvalue weighted by atomic mass is 9.61. The fraction of sp³-hybridized carbons (Fsp3) is 0.533. The standard InChI is InChI=1S/C30H35Cl2F2N3O3/c1-29(11-3-2-4-12-29)15-24-30(17-35,21-9-8-18(31)14-23(21)33)25(20-6-5-7-22(32)26(20)34)27(37-24)28(40)36-13-10-19(39)16-38/h5-9,14,19,24-25,27,37-39H,2-4,10-13,15-16H2,1H3,(H,36,40)/t19-,24+,25+,27-,30+/m0/s1. The number of carbonyl (C=O) groups is 1. The van der Waals surface area contributed by atoms with E-state index in [2.05, 4.69) is 23.6 Å². The van der Waals surface area contributed by atoms with E-state index in [-0.39, 0.29) is 39.6 Å². The molecule has 6 nitrogen and oxygen atoms in total. The van der Waals surface area contributed by atoms with Crippen LogP contribution in [0.3, 0.4) is 0 Å². The number of carbonyl (C=O) groups excluding carboxylic acids is 1. The molecule has 4 N–H and O–H groups in total. The molecule has 2 aromatic rings. The molecule has 0 bridgehead atoms. The normalized spacial score (nSPS) is 26.7. The molecule has 10 heteroatoms. The number of benzene rings is 2. The van der Waals surface area contributed by atoms with Crippen molar-refractivity contribution in [1.29, 1.82) is 5.26 Å². The van der Waals surface area contributed by atoms with Gasteiger partial charge in [-0.15, -0.1) is 0 Å². The number of nitrogens with zero attached hydrogens (tertiary/aromatic N) is 1. The SMILES string of the molecule is CC1(C[C@H]2N[C@H](C(=O)NCC[C@H](O)CO)[C@@H](c3cccc(Cl)c3F)[C@]2(C#N)c2ccc(Cl)cc2F)CCCCC1. The summed E-state index contributed by atoms with van der Waals surface area (Å²) in [4.78, 5) is 13.7. The highest BCUT2D eigenvalue weighted by atomic mass is 35.5. The van der Waals surface area contributed by atoms with Crippen LogP contribution in [0.15, 0.2) is 36.4 Å². The van der Waals surface area contributed by atoms with E-state index in [1.807, 2.05) is 0 Å². The van der Waals surface area contributed by atoms with Gasteiger partial charge in [-0.25, -0.2) is 8.78 Å². The Labute approximate surface area is 243 Å². The number of aliphatic hydroxyl groups is 2. The summed E-state index contributed by atoms with van der Waals surface area (Å²) in [7, 11) is 0. The highest BCUT2D eigenvalue weighted by molar-refractivity contribution is 6.31. The van der Waals surface area contributed by atoms with E-state index in [0.29, 0.717) is 6.42 Å². The third-order valence-electron chi connectivity index (χ3n) is 8.66. The predicted octanol–water partition coefficient (Wildman–Crippen LogP) is 5.38. The Morgan fingerprint density at radius 3 is 2.60 bits per heavy atom. The number of halogens is 4. The Kier molecular flexibility index (Phi) is 9.74. The quantitative estimate of drug-likeness (QED) is 0.312. The van der Waals surface area contributed by atoms with Crippen LogP contribution in [0.25, 0.3) is 0 Å². The maximum Gasteiger partial charge on any atom is 0.237 e. The Hall–Kier alpha value is -2.28. The molecule has 1 heterocycles. The van der Waals surface area contributed by atoms with Crippen LogP contribution in [0.4, 0.5) is 8.78 Å². The van der Waals surface area contributed by atoms with Crippen molar-refractivity contribution >= 4 is 29.1 Å². The molecule has 0 unspecified atom stereocenters. The monoisotopic (exact) mass is 593 g/mol. The number of amides is 1. The van der Waals surface area contributed by atoms with Gasteiger partial charge in [0.05, 0.1) is 29.8 Å². The first kappa shape index (κ1) is 30.7.